The fourth-order valence-corrected chi connectivity index (χ4v) is 2.91. The molecule has 7 heteroatoms. The normalized spacial score (nSPS) is 17.8. The lowest BCUT2D eigenvalue weighted by atomic mass is 10.1. The molecule has 2 amide bonds. The smallest absolute Gasteiger partial charge is 0.308 e. The molecule has 0 aromatic heterocycles. The van der Waals surface area contributed by atoms with Crippen molar-refractivity contribution in [2.45, 2.75) is 52.7 Å². The predicted octanol–water partition coefficient (Wildman–Crippen LogP) is 2.07. The Labute approximate surface area is 166 Å². The third kappa shape index (κ3) is 6.25. The van der Waals surface area contributed by atoms with E-state index < -0.39 is 18.1 Å². The summed E-state index contributed by atoms with van der Waals surface area (Å²) in [5.41, 5.74) is 1.09. The number of nitrogens with one attached hydrogen (secondary N) is 1. The largest absolute Gasteiger partial charge is 0.481 e. The van der Waals surface area contributed by atoms with Gasteiger partial charge in [0.05, 0.1) is 13.0 Å². The van der Waals surface area contributed by atoms with Gasteiger partial charge in [-0.25, -0.2) is 0 Å². The Balaban J connectivity index is 1.99. The van der Waals surface area contributed by atoms with Crippen LogP contribution in [0.25, 0.3) is 0 Å². The quantitative estimate of drug-likeness (QED) is 0.687. The molecular formula is C21H30N2O5. The van der Waals surface area contributed by atoms with Gasteiger partial charge in [0.1, 0.15) is 11.8 Å². The Morgan fingerprint density at radius 3 is 2.54 bits per heavy atom. The molecule has 1 aromatic carbocycles. The predicted molar refractivity (Wildman–Crippen MR) is 105 cm³/mol. The van der Waals surface area contributed by atoms with Gasteiger partial charge in [-0.2, -0.15) is 0 Å². The molecule has 2 unspecified atom stereocenters. The van der Waals surface area contributed by atoms with Crippen molar-refractivity contribution in [2.24, 2.45) is 5.92 Å². The molecule has 0 radical (unpaired) electrons. The number of carbonyl (C=O) groups is 3. The van der Waals surface area contributed by atoms with Crippen LogP contribution in [0.2, 0.25) is 0 Å². The molecule has 1 saturated heterocycles. The SMILES string of the molecule is Cc1ccc(OC(C)C(=O)N2CCNC(=O)C2CC(=O)OCCC(C)C)cc1. The monoisotopic (exact) mass is 390 g/mol. The molecular weight excluding hydrogens is 360 g/mol. The average Bonchev–Trinajstić information content (AvgIpc) is 2.64. The van der Waals surface area contributed by atoms with E-state index in [0.29, 0.717) is 31.4 Å². The van der Waals surface area contributed by atoms with Crippen LogP contribution in [0.5, 0.6) is 5.75 Å². The van der Waals surface area contributed by atoms with Crippen LogP contribution in [-0.2, 0) is 19.1 Å². The molecule has 28 heavy (non-hydrogen) atoms. The van der Waals surface area contributed by atoms with Crippen molar-refractivity contribution >= 4 is 17.8 Å². The molecule has 0 aliphatic carbocycles. The molecule has 154 valence electrons. The molecule has 1 heterocycles. The maximum absolute atomic E-state index is 12.9. The second-order valence-corrected chi connectivity index (χ2v) is 7.52. The van der Waals surface area contributed by atoms with Crippen LogP contribution in [0.3, 0.4) is 0 Å². The zero-order valence-electron chi connectivity index (χ0n) is 17.1. The molecule has 1 N–H and O–H groups in total. The number of esters is 1. The van der Waals surface area contributed by atoms with Crippen LogP contribution < -0.4 is 10.1 Å². The minimum absolute atomic E-state index is 0.160. The van der Waals surface area contributed by atoms with Crippen molar-refractivity contribution in [1.82, 2.24) is 10.2 Å². The van der Waals surface area contributed by atoms with Gasteiger partial charge >= 0.3 is 5.97 Å². The molecule has 0 bridgehead atoms. The molecule has 1 aliphatic rings. The maximum atomic E-state index is 12.9. The summed E-state index contributed by atoms with van der Waals surface area (Å²) < 4.78 is 10.9. The van der Waals surface area contributed by atoms with Crippen molar-refractivity contribution in [3.63, 3.8) is 0 Å². The van der Waals surface area contributed by atoms with Crippen molar-refractivity contribution in [3.8, 4) is 5.75 Å². The Morgan fingerprint density at radius 1 is 1.21 bits per heavy atom. The van der Waals surface area contributed by atoms with E-state index in [9.17, 15) is 14.4 Å². The van der Waals surface area contributed by atoms with Crippen molar-refractivity contribution in [3.05, 3.63) is 29.8 Å². The van der Waals surface area contributed by atoms with Crippen molar-refractivity contribution in [1.29, 1.82) is 0 Å². The first kappa shape index (κ1) is 21.7. The number of amides is 2. The van der Waals surface area contributed by atoms with E-state index in [-0.39, 0.29) is 18.2 Å². The van der Waals surface area contributed by atoms with Crippen LogP contribution in [0, 0.1) is 12.8 Å². The second-order valence-electron chi connectivity index (χ2n) is 7.52. The number of piperazine rings is 1. The van der Waals surface area contributed by atoms with Gasteiger partial charge < -0.3 is 19.7 Å². The summed E-state index contributed by atoms with van der Waals surface area (Å²) in [6.45, 7) is 8.68. The van der Waals surface area contributed by atoms with E-state index in [0.717, 1.165) is 12.0 Å². The van der Waals surface area contributed by atoms with Gasteiger partial charge in [-0.1, -0.05) is 31.5 Å². The minimum atomic E-state index is -0.878. The van der Waals surface area contributed by atoms with E-state index in [1.807, 2.05) is 32.9 Å². The lowest BCUT2D eigenvalue weighted by Gasteiger charge is -2.36. The number of hydrogen-bond donors (Lipinski definition) is 1. The first-order valence-electron chi connectivity index (χ1n) is 9.75. The third-order valence-electron chi connectivity index (χ3n) is 4.61. The van der Waals surface area contributed by atoms with E-state index in [2.05, 4.69) is 5.32 Å². The van der Waals surface area contributed by atoms with Crippen LogP contribution >= 0.6 is 0 Å². The molecule has 1 aromatic rings. The Morgan fingerprint density at radius 2 is 1.89 bits per heavy atom. The lowest BCUT2D eigenvalue weighted by Crippen LogP contribution is -2.60. The highest BCUT2D eigenvalue weighted by atomic mass is 16.5. The van der Waals surface area contributed by atoms with Crippen LogP contribution in [0.15, 0.2) is 24.3 Å². The Kier molecular flexibility index (Phi) is 7.84. The number of hydrogen-bond acceptors (Lipinski definition) is 5. The minimum Gasteiger partial charge on any atom is -0.481 e. The maximum Gasteiger partial charge on any atom is 0.308 e. The highest BCUT2D eigenvalue weighted by Gasteiger charge is 2.37. The lowest BCUT2D eigenvalue weighted by molar-refractivity contribution is -0.154. The average molecular weight is 390 g/mol. The first-order valence-corrected chi connectivity index (χ1v) is 9.75. The fourth-order valence-electron chi connectivity index (χ4n) is 2.91. The van der Waals surface area contributed by atoms with E-state index >= 15 is 0 Å². The fraction of sp³-hybridized carbons (Fsp3) is 0.571. The summed E-state index contributed by atoms with van der Waals surface area (Å²) in [5, 5.41) is 2.71. The van der Waals surface area contributed by atoms with Gasteiger partial charge in [-0.3, -0.25) is 14.4 Å². The molecule has 2 atom stereocenters. The molecule has 2 rings (SSSR count). The van der Waals surface area contributed by atoms with Gasteiger partial charge in [0.2, 0.25) is 5.91 Å². The zero-order valence-corrected chi connectivity index (χ0v) is 17.1. The Bertz CT molecular complexity index is 687. The number of rotatable bonds is 8. The van der Waals surface area contributed by atoms with Crippen molar-refractivity contribution in [2.75, 3.05) is 19.7 Å². The molecule has 1 aliphatic heterocycles. The number of aryl methyl sites for hydroxylation is 1. The molecule has 7 nitrogen and oxygen atoms in total. The third-order valence-corrected chi connectivity index (χ3v) is 4.61. The highest BCUT2D eigenvalue weighted by Crippen LogP contribution is 2.17. The summed E-state index contributed by atoms with van der Waals surface area (Å²) >= 11 is 0. The molecule has 0 spiro atoms. The van der Waals surface area contributed by atoms with Crippen LogP contribution in [0.4, 0.5) is 0 Å². The molecule has 0 saturated carbocycles. The van der Waals surface area contributed by atoms with Gasteiger partial charge in [-0.15, -0.1) is 0 Å². The summed E-state index contributed by atoms with van der Waals surface area (Å²) in [4.78, 5) is 38.7. The van der Waals surface area contributed by atoms with Crippen LogP contribution in [0.1, 0.15) is 39.2 Å². The van der Waals surface area contributed by atoms with E-state index in [4.69, 9.17) is 9.47 Å². The standard InChI is InChI=1S/C21H30N2O5/c1-14(2)9-12-27-19(24)13-18-20(25)22-10-11-23(18)21(26)16(4)28-17-7-5-15(3)6-8-17/h5-8,14,16,18H,9-13H2,1-4H3,(H,22,25). The summed E-state index contributed by atoms with van der Waals surface area (Å²) in [6.07, 6.45) is -0.173. The van der Waals surface area contributed by atoms with Gasteiger partial charge in [0.15, 0.2) is 6.10 Å². The second kappa shape index (κ2) is 10.1. The zero-order chi connectivity index (χ0) is 20.7. The van der Waals surface area contributed by atoms with Gasteiger partial charge in [-0.05, 0) is 38.3 Å². The number of nitrogens with zero attached hydrogens (tertiary/aromatic N) is 1. The summed E-state index contributed by atoms with van der Waals surface area (Å²) in [7, 11) is 0. The number of carbonyl (C=O) groups excluding carboxylic acids is 3. The van der Waals surface area contributed by atoms with E-state index in [1.165, 1.54) is 4.90 Å². The summed E-state index contributed by atoms with van der Waals surface area (Å²) in [5.74, 6) is -0.146. The van der Waals surface area contributed by atoms with Crippen LogP contribution in [-0.4, -0.2) is 54.5 Å². The highest BCUT2D eigenvalue weighted by molar-refractivity contribution is 5.93. The topological polar surface area (TPSA) is 84.9 Å². The van der Waals surface area contributed by atoms with Gasteiger partial charge in [0.25, 0.3) is 5.91 Å². The van der Waals surface area contributed by atoms with Gasteiger partial charge in [0, 0.05) is 13.1 Å². The number of benzene rings is 1. The first-order chi connectivity index (χ1) is 13.3. The summed E-state index contributed by atoms with van der Waals surface area (Å²) in [6, 6.07) is 6.52. The number of ether oxygens (including phenoxy) is 2. The van der Waals surface area contributed by atoms with Crippen molar-refractivity contribution < 1.29 is 23.9 Å². The molecule has 1 fully saturated rings. The van der Waals surface area contributed by atoms with E-state index in [1.54, 1.807) is 19.1 Å². The Hall–Kier alpha value is -2.57.